The zero-order chi connectivity index (χ0) is 16.4. The average Bonchev–Trinajstić information content (AvgIpc) is 3.44. The Hall–Kier alpha value is -2.91. The maximum Gasteiger partial charge on any atom is 0.194 e. The summed E-state index contributed by atoms with van der Waals surface area (Å²) in [6, 6.07) is 26.6. The van der Waals surface area contributed by atoms with E-state index in [0.29, 0.717) is 5.56 Å². The molecule has 0 aliphatic carbocycles. The lowest BCUT2D eigenvalue weighted by Gasteiger charge is -2.06. The molecular weight excluding hydrogens is 300 g/mol. The van der Waals surface area contributed by atoms with Crippen molar-refractivity contribution in [1.82, 2.24) is 0 Å². The van der Waals surface area contributed by atoms with Crippen LogP contribution in [0.5, 0.6) is 11.5 Å². The lowest BCUT2D eigenvalue weighted by Crippen LogP contribution is -2.07. The van der Waals surface area contributed by atoms with E-state index in [4.69, 9.17) is 9.47 Å². The number of carbonyl (C=O) groups is 1. The van der Waals surface area contributed by atoms with Crippen LogP contribution in [0.2, 0.25) is 0 Å². The van der Waals surface area contributed by atoms with Gasteiger partial charge < -0.3 is 9.47 Å². The molecule has 0 unspecified atom stereocenters. The van der Waals surface area contributed by atoms with Crippen molar-refractivity contribution in [2.24, 2.45) is 0 Å². The highest BCUT2D eigenvalue weighted by Gasteiger charge is 2.46. The fourth-order valence-electron chi connectivity index (χ4n) is 2.71. The van der Waals surface area contributed by atoms with Gasteiger partial charge in [-0.15, -0.1) is 0 Å². The Morgan fingerprint density at radius 1 is 0.792 bits per heavy atom. The van der Waals surface area contributed by atoms with Gasteiger partial charge in [0.1, 0.15) is 17.6 Å². The summed E-state index contributed by atoms with van der Waals surface area (Å²) in [6.45, 7) is 0. The second-order valence-electron chi connectivity index (χ2n) is 5.70. The molecule has 118 valence electrons. The molecule has 0 radical (unpaired) electrons. The molecule has 1 heterocycles. The van der Waals surface area contributed by atoms with E-state index in [0.717, 1.165) is 17.1 Å². The first-order chi connectivity index (χ1) is 11.8. The van der Waals surface area contributed by atoms with Crippen LogP contribution < -0.4 is 4.74 Å². The molecule has 1 aliphatic rings. The number of para-hydroxylation sites is 1. The number of epoxide rings is 1. The molecule has 0 bridgehead atoms. The molecule has 2 atom stereocenters. The highest BCUT2D eigenvalue weighted by Crippen LogP contribution is 2.41. The largest absolute Gasteiger partial charge is 0.457 e. The van der Waals surface area contributed by atoms with Crippen LogP contribution in [0.4, 0.5) is 0 Å². The van der Waals surface area contributed by atoms with Gasteiger partial charge in [-0.1, -0.05) is 60.7 Å². The van der Waals surface area contributed by atoms with Crippen LogP contribution in [0, 0.1) is 0 Å². The van der Waals surface area contributed by atoms with Crippen molar-refractivity contribution in [2.45, 2.75) is 12.2 Å². The summed E-state index contributed by atoms with van der Waals surface area (Å²) >= 11 is 0. The zero-order valence-electron chi connectivity index (χ0n) is 13.0. The van der Waals surface area contributed by atoms with Crippen molar-refractivity contribution in [3.8, 4) is 11.5 Å². The molecular formula is C21H16O3. The topological polar surface area (TPSA) is 38.8 Å². The highest BCUT2D eigenvalue weighted by atomic mass is 16.6. The first-order valence-electron chi connectivity index (χ1n) is 7.89. The molecule has 4 rings (SSSR count). The lowest BCUT2D eigenvalue weighted by atomic mass is 10.0. The molecule has 0 N–H and O–H groups in total. The Labute approximate surface area is 140 Å². The van der Waals surface area contributed by atoms with Crippen LogP contribution in [0.15, 0.2) is 84.9 Å². The molecule has 3 aromatic carbocycles. The van der Waals surface area contributed by atoms with E-state index in [1.807, 2.05) is 84.9 Å². The minimum Gasteiger partial charge on any atom is -0.457 e. The number of carbonyl (C=O) groups excluding carboxylic acids is 1. The van der Waals surface area contributed by atoms with E-state index in [2.05, 4.69) is 0 Å². The normalized spacial score (nSPS) is 18.8. The number of Topliss-reactive ketones (excluding diaryl/α,β-unsaturated/α-hetero) is 1. The van der Waals surface area contributed by atoms with Crippen molar-refractivity contribution in [3.63, 3.8) is 0 Å². The fourth-order valence-corrected chi connectivity index (χ4v) is 2.71. The third-order valence-electron chi connectivity index (χ3n) is 3.97. The fraction of sp³-hybridized carbons (Fsp3) is 0.0952. The maximum atomic E-state index is 12.4. The van der Waals surface area contributed by atoms with Crippen LogP contribution >= 0.6 is 0 Å². The number of ketones is 1. The molecule has 24 heavy (non-hydrogen) atoms. The highest BCUT2D eigenvalue weighted by molar-refractivity contribution is 6.01. The molecule has 0 saturated carbocycles. The van der Waals surface area contributed by atoms with Crippen LogP contribution in [0.1, 0.15) is 22.0 Å². The summed E-state index contributed by atoms with van der Waals surface area (Å²) < 4.78 is 11.5. The molecule has 0 amide bonds. The summed E-state index contributed by atoms with van der Waals surface area (Å²) in [5.41, 5.74) is 1.64. The van der Waals surface area contributed by atoms with Gasteiger partial charge >= 0.3 is 0 Å². The van der Waals surface area contributed by atoms with E-state index >= 15 is 0 Å². The molecule has 1 aliphatic heterocycles. The van der Waals surface area contributed by atoms with E-state index < -0.39 is 6.10 Å². The minimum absolute atomic E-state index is 0.0231. The third-order valence-corrected chi connectivity index (χ3v) is 3.97. The standard InChI is InChI=1S/C21H16O3/c22-19(15-8-3-1-4-9-15)21-20(24-21)16-10-7-13-18(14-16)23-17-11-5-2-6-12-17/h1-14,20-21H/t20-,21+/m0/s1. The monoisotopic (exact) mass is 316 g/mol. The maximum absolute atomic E-state index is 12.4. The van der Waals surface area contributed by atoms with E-state index in [-0.39, 0.29) is 11.9 Å². The summed E-state index contributed by atoms with van der Waals surface area (Å²) in [5.74, 6) is 1.54. The Balaban J connectivity index is 1.48. The van der Waals surface area contributed by atoms with Crippen LogP contribution in [-0.4, -0.2) is 11.9 Å². The Morgan fingerprint density at radius 2 is 1.46 bits per heavy atom. The Bertz CT molecular complexity index is 843. The summed E-state index contributed by atoms with van der Waals surface area (Å²) in [7, 11) is 0. The molecule has 1 saturated heterocycles. The van der Waals surface area contributed by atoms with Gasteiger partial charge in [0, 0.05) is 5.56 Å². The van der Waals surface area contributed by atoms with Gasteiger partial charge in [0.25, 0.3) is 0 Å². The van der Waals surface area contributed by atoms with Gasteiger partial charge in [0.2, 0.25) is 0 Å². The Kier molecular flexibility index (Phi) is 3.85. The summed E-state index contributed by atoms with van der Waals surface area (Å²) in [5, 5.41) is 0. The van der Waals surface area contributed by atoms with Gasteiger partial charge in [-0.25, -0.2) is 0 Å². The predicted octanol–water partition coefficient (Wildman–Crippen LogP) is 4.80. The van der Waals surface area contributed by atoms with Gasteiger partial charge in [-0.2, -0.15) is 0 Å². The number of rotatable bonds is 5. The van der Waals surface area contributed by atoms with Crippen molar-refractivity contribution < 1.29 is 14.3 Å². The van der Waals surface area contributed by atoms with Gasteiger partial charge in [0.15, 0.2) is 11.9 Å². The third kappa shape index (κ3) is 3.07. The second-order valence-corrected chi connectivity index (χ2v) is 5.70. The van der Waals surface area contributed by atoms with Crippen LogP contribution in [0.25, 0.3) is 0 Å². The molecule has 3 nitrogen and oxygen atoms in total. The smallest absolute Gasteiger partial charge is 0.194 e. The van der Waals surface area contributed by atoms with Crippen molar-refractivity contribution in [1.29, 1.82) is 0 Å². The van der Waals surface area contributed by atoms with Gasteiger partial charge in [-0.3, -0.25) is 4.79 Å². The number of hydrogen-bond donors (Lipinski definition) is 0. The molecule has 3 heteroatoms. The predicted molar refractivity (Wildman–Crippen MR) is 91.3 cm³/mol. The van der Waals surface area contributed by atoms with Gasteiger partial charge in [-0.05, 0) is 29.8 Å². The number of hydrogen-bond acceptors (Lipinski definition) is 3. The summed E-state index contributed by atoms with van der Waals surface area (Å²) in [4.78, 5) is 12.4. The van der Waals surface area contributed by atoms with Crippen molar-refractivity contribution in [3.05, 3.63) is 96.1 Å². The SMILES string of the molecule is O=C(c1ccccc1)[C@H]1O[C@H]1c1cccc(Oc2ccccc2)c1. The molecule has 1 fully saturated rings. The minimum atomic E-state index is -0.403. The van der Waals surface area contributed by atoms with E-state index in [1.54, 1.807) is 0 Å². The van der Waals surface area contributed by atoms with Crippen molar-refractivity contribution >= 4 is 5.78 Å². The number of benzene rings is 3. The molecule has 3 aromatic rings. The van der Waals surface area contributed by atoms with E-state index in [1.165, 1.54) is 0 Å². The lowest BCUT2D eigenvalue weighted by molar-refractivity contribution is 0.0953. The van der Waals surface area contributed by atoms with E-state index in [9.17, 15) is 4.79 Å². The molecule has 0 aromatic heterocycles. The Morgan fingerprint density at radius 3 is 2.21 bits per heavy atom. The molecule has 0 spiro atoms. The summed E-state index contributed by atoms with van der Waals surface area (Å²) in [6.07, 6.45) is -0.601. The van der Waals surface area contributed by atoms with Crippen LogP contribution in [0.3, 0.4) is 0 Å². The van der Waals surface area contributed by atoms with Gasteiger partial charge in [0.05, 0.1) is 0 Å². The van der Waals surface area contributed by atoms with Crippen LogP contribution in [-0.2, 0) is 4.74 Å². The average molecular weight is 316 g/mol. The zero-order valence-corrected chi connectivity index (χ0v) is 13.0. The van der Waals surface area contributed by atoms with Crippen molar-refractivity contribution in [2.75, 3.05) is 0 Å². The first-order valence-corrected chi connectivity index (χ1v) is 7.89. The first kappa shape index (κ1) is 14.7. The quantitative estimate of drug-likeness (QED) is 0.501. The number of ether oxygens (including phenoxy) is 2. The second kappa shape index (κ2) is 6.30.